The van der Waals surface area contributed by atoms with Gasteiger partial charge in [-0.05, 0) is 43.8 Å². The third-order valence-corrected chi connectivity index (χ3v) is 4.56. The van der Waals surface area contributed by atoms with E-state index in [9.17, 15) is 0 Å². The van der Waals surface area contributed by atoms with E-state index in [0.717, 1.165) is 34.7 Å². The third kappa shape index (κ3) is 2.55. The molecule has 0 aliphatic rings. The molecule has 0 atom stereocenters. The fourth-order valence-electron chi connectivity index (χ4n) is 3.05. The van der Waals surface area contributed by atoms with Crippen LogP contribution in [-0.2, 0) is 13.1 Å². The first-order chi connectivity index (χ1) is 9.36. The predicted octanol–water partition coefficient (Wildman–Crippen LogP) is 4.15. The number of aromatic nitrogens is 4. The lowest BCUT2D eigenvalue weighted by Gasteiger charge is -2.25. The molecule has 20 heavy (non-hydrogen) atoms. The molecule has 0 spiro atoms. The van der Waals surface area contributed by atoms with Crippen molar-refractivity contribution >= 4 is 23.4 Å². The summed E-state index contributed by atoms with van der Waals surface area (Å²) in [5, 5.41) is 4.59. The molecule has 0 aromatic carbocycles. The van der Waals surface area contributed by atoms with E-state index in [4.69, 9.17) is 12.2 Å². The van der Waals surface area contributed by atoms with Crippen LogP contribution in [0.5, 0.6) is 0 Å². The highest BCUT2D eigenvalue weighted by atomic mass is 32.1. The minimum absolute atomic E-state index is 0.612. The highest BCUT2D eigenvalue weighted by Crippen LogP contribution is 2.26. The normalized spacial score (nSPS) is 12.4. The third-order valence-electron chi connectivity index (χ3n) is 4.24. The Balaban J connectivity index is 2.53. The van der Waals surface area contributed by atoms with Crippen LogP contribution in [0.2, 0.25) is 0 Å². The van der Waals surface area contributed by atoms with E-state index in [1.54, 1.807) is 0 Å². The molecule has 0 aliphatic carbocycles. The Morgan fingerprint density at radius 1 is 1.20 bits per heavy atom. The Labute approximate surface area is 126 Å². The summed E-state index contributed by atoms with van der Waals surface area (Å²) in [6, 6.07) is 0. The van der Waals surface area contributed by atoms with E-state index in [1.165, 1.54) is 0 Å². The van der Waals surface area contributed by atoms with Crippen LogP contribution in [0.1, 0.15) is 40.3 Å². The monoisotopic (exact) mass is 294 g/mol. The van der Waals surface area contributed by atoms with Crippen molar-refractivity contribution in [3.63, 3.8) is 0 Å². The molecule has 0 bridgehead atoms. The first-order valence-electron chi connectivity index (χ1n) is 7.52. The molecule has 0 amide bonds. The Bertz CT molecular complexity index is 637. The van der Waals surface area contributed by atoms with E-state index in [1.807, 2.05) is 6.92 Å². The fourth-order valence-corrected chi connectivity index (χ4v) is 3.32. The maximum atomic E-state index is 5.53. The molecule has 4 nitrogen and oxygen atoms in total. The van der Waals surface area contributed by atoms with Gasteiger partial charge in [0.2, 0.25) is 0 Å². The fraction of sp³-hybridized carbons (Fsp3) is 0.733. The van der Waals surface area contributed by atoms with Crippen molar-refractivity contribution in [1.29, 1.82) is 0 Å². The average Bonchev–Trinajstić information content (AvgIpc) is 2.83. The molecule has 0 saturated heterocycles. The molecule has 2 aromatic rings. The van der Waals surface area contributed by atoms with Gasteiger partial charge >= 0.3 is 0 Å². The van der Waals surface area contributed by atoms with Gasteiger partial charge in [-0.15, -0.1) is 0 Å². The Kier molecular flexibility index (Phi) is 4.37. The van der Waals surface area contributed by atoms with Crippen LogP contribution in [0.25, 0.3) is 11.2 Å². The lowest BCUT2D eigenvalue weighted by Crippen LogP contribution is -2.22. The van der Waals surface area contributed by atoms with Crippen LogP contribution < -0.4 is 0 Å². The Hall–Kier alpha value is -1.10. The molecular weight excluding hydrogens is 268 g/mol. The number of H-pyrrole nitrogens is 1. The van der Waals surface area contributed by atoms with Gasteiger partial charge in [0.05, 0.1) is 5.69 Å². The first kappa shape index (κ1) is 15.3. The number of fused-ring (bicyclic) bond motifs is 1. The number of aromatic amines is 1. The Morgan fingerprint density at radius 2 is 1.80 bits per heavy atom. The van der Waals surface area contributed by atoms with Gasteiger partial charge in [0.1, 0.15) is 5.52 Å². The van der Waals surface area contributed by atoms with Crippen molar-refractivity contribution in [3.8, 4) is 0 Å². The van der Waals surface area contributed by atoms with Crippen LogP contribution in [0, 0.1) is 29.4 Å². The second-order valence-corrected chi connectivity index (χ2v) is 6.68. The van der Waals surface area contributed by atoms with Crippen LogP contribution in [0.4, 0.5) is 0 Å². The predicted molar refractivity (Wildman–Crippen MR) is 86.5 cm³/mol. The van der Waals surface area contributed by atoms with E-state index in [-0.39, 0.29) is 0 Å². The number of rotatable bonds is 5. The molecule has 112 valence electrons. The van der Waals surface area contributed by atoms with Gasteiger partial charge in [-0.1, -0.05) is 27.7 Å². The summed E-state index contributed by atoms with van der Waals surface area (Å²) in [6.07, 6.45) is 0. The molecule has 2 heterocycles. The molecule has 0 saturated carbocycles. The molecule has 0 fully saturated rings. The van der Waals surface area contributed by atoms with Crippen molar-refractivity contribution in [1.82, 2.24) is 19.3 Å². The van der Waals surface area contributed by atoms with E-state index in [0.29, 0.717) is 17.8 Å². The molecule has 0 unspecified atom stereocenters. The molecule has 1 N–H and O–H groups in total. The molecule has 2 rings (SSSR count). The smallest absolute Gasteiger partial charge is 0.179 e. The van der Waals surface area contributed by atoms with Crippen molar-refractivity contribution in [2.75, 3.05) is 0 Å². The number of nitrogens with zero attached hydrogens (tertiary/aromatic N) is 3. The summed E-state index contributed by atoms with van der Waals surface area (Å²) < 4.78 is 5.10. The van der Waals surface area contributed by atoms with Gasteiger partial charge in [-0.3, -0.25) is 0 Å². The minimum atomic E-state index is 0.612. The highest BCUT2D eigenvalue weighted by molar-refractivity contribution is 7.71. The molecule has 0 radical (unpaired) electrons. The van der Waals surface area contributed by atoms with Crippen molar-refractivity contribution in [2.45, 2.75) is 54.6 Å². The van der Waals surface area contributed by atoms with Gasteiger partial charge in [0.15, 0.2) is 10.4 Å². The summed E-state index contributed by atoms with van der Waals surface area (Å²) in [7, 11) is 0. The lowest BCUT2D eigenvalue weighted by atomic mass is 9.85. The van der Waals surface area contributed by atoms with Gasteiger partial charge in [0.25, 0.3) is 0 Å². The maximum absolute atomic E-state index is 5.53. The largest absolute Gasteiger partial charge is 0.328 e. The quantitative estimate of drug-likeness (QED) is 0.841. The average molecular weight is 294 g/mol. The maximum Gasteiger partial charge on any atom is 0.179 e. The molecule has 2 aromatic heterocycles. The van der Waals surface area contributed by atoms with Crippen molar-refractivity contribution in [3.05, 3.63) is 10.5 Å². The van der Waals surface area contributed by atoms with Crippen LogP contribution in [0.3, 0.4) is 0 Å². The molecule has 5 heteroatoms. The van der Waals surface area contributed by atoms with E-state index >= 15 is 0 Å². The van der Waals surface area contributed by atoms with Crippen LogP contribution in [-0.4, -0.2) is 19.3 Å². The number of aryl methyl sites for hydroxylation is 2. The van der Waals surface area contributed by atoms with E-state index in [2.05, 4.69) is 54.0 Å². The van der Waals surface area contributed by atoms with Crippen molar-refractivity contribution in [2.24, 2.45) is 17.8 Å². The zero-order chi connectivity index (χ0) is 15.0. The lowest BCUT2D eigenvalue weighted by molar-refractivity contribution is 0.252. The summed E-state index contributed by atoms with van der Waals surface area (Å²) in [5.74, 6) is 1.89. The number of nitrogens with one attached hydrogen (secondary N) is 1. The number of hydrogen-bond acceptors (Lipinski definition) is 2. The summed E-state index contributed by atoms with van der Waals surface area (Å²) in [4.78, 5) is 3.33. The van der Waals surface area contributed by atoms with E-state index < -0.39 is 0 Å². The van der Waals surface area contributed by atoms with Gasteiger partial charge in [0, 0.05) is 13.1 Å². The Morgan fingerprint density at radius 3 is 2.30 bits per heavy atom. The number of hydrogen-bond donors (Lipinski definition) is 1. The van der Waals surface area contributed by atoms with Crippen molar-refractivity contribution < 1.29 is 0 Å². The van der Waals surface area contributed by atoms with Gasteiger partial charge in [-0.25, -0.2) is 4.68 Å². The zero-order valence-corrected chi connectivity index (χ0v) is 14.2. The van der Waals surface area contributed by atoms with Gasteiger partial charge < -0.3 is 9.55 Å². The van der Waals surface area contributed by atoms with Crippen LogP contribution >= 0.6 is 12.2 Å². The topological polar surface area (TPSA) is 38.5 Å². The molecular formula is C15H26N4S. The summed E-state index contributed by atoms with van der Waals surface area (Å²) in [6.45, 7) is 15.1. The van der Waals surface area contributed by atoms with Crippen LogP contribution in [0.15, 0.2) is 0 Å². The zero-order valence-electron chi connectivity index (χ0n) is 13.4. The standard InChI is InChI=1S/C15H26N4S/c1-7-19-14-13(11(6)17-19)16-15(20)18(14)8-12(9(2)3)10(4)5/h9-10,12H,7-8H2,1-6H3,(H,16,20). The number of imidazole rings is 1. The molecule has 0 aliphatic heterocycles. The van der Waals surface area contributed by atoms with Gasteiger partial charge in [-0.2, -0.15) is 5.10 Å². The SMILES string of the molecule is CCn1nc(C)c2[nH]c(=S)n(CC(C(C)C)C(C)C)c21. The summed E-state index contributed by atoms with van der Waals surface area (Å²) >= 11 is 5.53. The second kappa shape index (κ2) is 5.72. The summed E-state index contributed by atoms with van der Waals surface area (Å²) in [5.41, 5.74) is 3.25. The minimum Gasteiger partial charge on any atom is -0.328 e. The second-order valence-electron chi connectivity index (χ2n) is 6.29. The first-order valence-corrected chi connectivity index (χ1v) is 7.93. The highest BCUT2D eigenvalue weighted by Gasteiger charge is 2.21.